The lowest BCUT2D eigenvalue weighted by Gasteiger charge is -2.12. The van der Waals surface area contributed by atoms with Gasteiger partial charge in [-0.1, -0.05) is 44.3 Å². The lowest BCUT2D eigenvalue weighted by Crippen LogP contribution is -2.16. The Bertz CT molecular complexity index is 733. The van der Waals surface area contributed by atoms with Crippen molar-refractivity contribution in [2.24, 2.45) is 0 Å². The van der Waals surface area contributed by atoms with E-state index >= 15 is 0 Å². The van der Waals surface area contributed by atoms with Gasteiger partial charge in [-0.2, -0.15) is 0 Å². The Morgan fingerprint density at radius 1 is 1.39 bits per heavy atom. The van der Waals surface area contributed by atoms with Crippen LogP contribution in [-0.4, -0.2) is 17.7 Å². The average Bonchev–Trinajstić information content (AvgIpc) is 2.82. The van der Waals surface area contributed by atoms with Crippen molar-refractivity contribution in [2.45, 2.75) is 26.4 Å². The normalized spacial score (nSPS) is 11.6. The van der Waals surface area contributed by atoms with Crippen LogP contribution < -0.4 is 0 Å². The lowest BCUT2D eigenvalue weighted by atomic mass is 9.99. The van der Waals surface area contributed by atoms with E-state index in [1.807, 2.05) is 0 Å². The van der Waals surface area contributed by atoms with Gasteiger partial charge in [-0.05, 0) is 32.9 Å². The summed E-state index contributed by atoms with van der Waals surface area (Å²) in [6.07, 6.45) is 0. The molecule has 2 aromatic rings. The first kappa shape index (κ1) is 18.2. The van der Waals surface area contributed by atoms with Crippen LogP contribution in [0.3, 0.4) is 0 Å². The van der Waals surface area contributed by atoms with E-state index in [2.05, 4.69) is 21.1 Å². The lowest BCUT2D eigenvalue weighted by molar-refractivity contribution is 0.0513. The van der Waals surface area contributed by atoms with Crippen LogP contribution >= 0.6 is 39.1 Å². The van der Waals surface area contributed by atoms with Crippen LogP contribution in [0.1, 0.15) is 36.9 Å². The van der Waals surface area contributed by atoms with Crippen LogP contribution in [0.25, 0.3) is 11.3 Å². The molecule has 1 aromatic carbocycles. The highest BCUT2D eigenvalue weighted by molar-refractivity contribution is 9.10. The van der Waals surface area contributed by atoms with Gasteiger partial charge in [0.25, 0.3) is 0 Å². The van der Waals surface area contributed by atoms with Crippen LogP contribution in [0.5, 0.6) is 0 Å². The van der Waals surface area contributed by atoms with Crippen molar-refractivity contribution < 1.29 is 18.4 Å². The number of halogens is 4. The van der Waals surface area contributed by atoms with Crippen molar-refractivity contribution in [3.8, 4) is 11.3 Å². The van der Waals surface area contributed by atoms with E-state index in [0.29, 0.717) is 4.47 Å². The summed E-state index contributed by atoms with van der Waals surface area (Å²) in [5.74, 6) is -0.986. The monoisotopic (exact) mass is 423 g/mol. The van der Waals surface area contributed by atoms with Crippen molar-refractivity contribution in [2.75, 3.05) is 6.61 Å². The average molecular weight is 425 g/mol. The highest BCUT2D eigenvalue weighted by Crippen LogP contribution is 2.41. The van der Waals surface area contributed by atoms with Gasteiger partial charge >= 0.3 is 5.97 Å². The van der Waals surface area contributed by atoms with Gasteiger partial charge in [-0.25, -0.2) is 9.18 Å². The highest BCUT2D eigenvalue weighted by Gasteiger charge is 2.36. The standard InChI is InChI=1S/C15H13BrCl2FNO3/c1-4-22-14(21)11-12(20-23-13(11)15(2,3)19)10-8(17)5-7(16)6-9(10)18/h5-6H,4H2,1-3H3. The summed E-state index contributed by atoms with van der Waals surface area (Å²) in [4.78, 5) is 12.3. The molecule has 0 unspecified atom stereocenters. The molecule has 2 rings (SSSR count). The van der Waals surface area contributed by atoms with E-state index in [9.17, 15) is 9.18 Å². The number of benzene rings is 1. The number of esters is 1. The molecule has 0 fully saturated rings. The largest absolute Gasteiger partial charge is 0.462 e. The zero-order chi connectivity index (χ0) is 17.4. The van der Waals surface area contributed by atoms with Crippen molar-refractivity contribution in [3.05, 3.63) is 38.0 Å². The molecular weight excluding hydrogens is 412 g/mol. The number of aromatic nitrogens is 1. The Labute approximate surface area is 151 Å². The molecule has 0 N–H and O–H groups in total. The first-order valence-corrected chi connectivity index (χ1v) is 8.22. The molecule has 8 heteroatoms. The van der Waals surface area contributed by atoms with E-state index in [1.54, 1.807) is 19.1 Å². The molecule has 1 aromatic heterocycles. The molecule has 0 atom stereocenters. The summed E-state index contributed by atoms with van der Waals surface area (Å²) < 4.78 is 25.1. The maximum absolute atomic E-state index is 14.4. The van der Waals surface area contributed by atoms with Gasteiger partial charge in [0.15, 0.2) is 11.4 Å². The molecule has 0 saturated heterocycles. The SMILES string of the molecule is CCOC(=O)c1c(-c2c(Cl)cc(Br)cc2Cl)noc1C(C)(C)F. The third-order valence-electron chi connectivity index (χ3n) is 2.96. The first-order valence-electron chi connectivity index (χ1n) is 6.67. The number of ether oxygens (including phenoxy) is 1. The van der Waals surface area contributed by atoms with E-state index in [-0.39, 0.29) is 39.2 Å². The molecule has 23 heavy (non-hydrogen) atoms. The van der Waals surface area contributed by atoms with Crippen LogP contribution in [0.2, 0.25) is 10.0 Å². The Morgan fingerprint density at radius 3 is 2.43 bits per heavy atom. The molecule has 0 aliphatic heterocycles. The fraction of sp³-hybridized carbons (Fsp3) is 0.333. The highest BCUT2D eigenvalue weighted by atomic mass is 79.9. The minimum absolute atomic E-state index is 0.0478. The molecule has 0 aliphatic carbocycles. The van der Waals surface area contributed by atoms with Gasteiger partial charge in [0.1, 0.15) is 11.3 Å². The number of hydrogen-bond acceptors (Lipinski definition) is 4. The second kappa shape index (κ2) is 6.79. The van der Waals surface area contributed by atoms with Gasteiger partial charge in [0.05, 0.1) is 16.7 Å². The van der Waals surface area contributed by atoms with Crippen molar-refractivity contribution in [1.29, 1.82) is 0 Å². The third-order valence-corrected chi connectivity index (χ3v) is 4.01. The van der Waals surface area contributed by atoms with Crippen molar-refractivity contribution in [1.82, 2.24) is 5.16 Å². The summed E-state index contributed by atoms with van der Waals surface area (Å²) >= 11 is 15.7. The van der Waals surface area contributed by atoms with Crippen LogP contribution in [0.4, 0.5) is 4.39 Å². The Kier molecular flexibility index (Phi) is 5.38. The van der Waals surface area contributed by atoms with Crippen molar-refractivity contribution >= 4 is 45.1 Å². The van der Waals surface area contributed by atoms with Crippen molar-refractivity contribution in [3.63, 3.8) is 0 Å². The third kappa shape index (κ3) is 3.70. The van der Waals surface area contributed by atoms with Gasteiger partial charge in [-0.15, -0.1) is 0 Å². The summed E-state index contributed by atoms with van der Waals surface area (Å²) in [7, 11) is 0. The summed E-state index contributed by atoms with van der Waals surface area (Å²) in [5, 5.41) is 4.29. The van der Waals surface area contributed by atoms with Gasteiger partial charge < -0.3 is 9.26 Å². The Balaban J connectivity index is 2.74. The van der Waals surface area contributed by atoms with Gasteiger partial charge in [-0.3, -0.25) is 0 Å². The van der Waals surface area contributed by atoms with Gasteiger partial charge in [0, 0.05) is 10.0 Å². The topological polar surface area (TPSA) is 52.3 Å². The molecule has 124 valence electrons. The van der Waals surface area contributed by atoms with Crippen LogP contribution in [0.15, 0.2) is 21.1 Å². The smallest absolute Gasteiger partial charge is 0.344 e. The fourth-order valence-corrected chi connectivity index (χ4v) is 3.42. The molecule has 1 heterocycles. The van der Waals surface area contributed by atoms with Gasteiger partial charge in [0.2, 0.25) is 0 Å². The number of alkyl halides is 1. The van der Waals surface area contributed by atoms with E-state index in [0.717, 1.165) is 0 Å². The molecule has 0 bridgehead atoms. The minimum atomic E-state index is -1.93. The molecule has 0 aliphatic rings. The minimum Gasteiger partial charge on any atom is -0.462 e. The molecule has 0 saturated carbocycles. The summed E-state index contributed by atoms with van der Waals surface area (Å²) in [6.45, 7) is 4.28. The first-order chi connectivity index (χ1) is 10.7. The molecule has 0 amide bonds. The number of rotatable bonds is 4. The number of carbonyl (C=O) groups excluding carboxylic acids is 1. The molecule has 4 nitrogen and oxygen atoms in total. The predicted molar refractivity (Wildman–Crippen MR) is 89.7 cm³/mol. The maximum Gasteiger partial charge on any atom is 0.344 e. The summed E-state index contributed by atoms with van der Waals surface area (Å²) in [6, 6.07) is 3.18. The zero-order valence-corrected chi connectivity index (χ0v) is 15.6. The zero-order valence-electron chi connectivity index (χ0n) is 12.5. The molecular formula is C15H13BrCl2FNO3. The van der Waals surface area contributed by atoms with E-state index < -0.39 is 11.6 Å². The quantitative estimate of drug-likeness (QED) is 0.582. The number of hydrogen-bond donors (Lipinski definition) is 0. The van der Waals surface area contributed by atoms with E-state index in [1.165, 1.54) is 13.8 Å². The molecule has 0 radical (unpaired) electrons. The number of carbonyl (C=O) groups is 1. The molecule has 0 spiro atoms. The Morgan fingerprint density at radius 2 is 1.96 bits per heavy atom. The Hall–Kier alpha value is -1.11. The fourth-order valence-electron chi connectivity index (χ4n) is 2.03. The predicted octanol–water partition coefficient (Wildman–Crippen LogP) is 5.79. The van der Waals surface area contributed by atoms with Crippen LogP contribution in [-0.2, 0) is 10.4 Å². The second-order valence-electron chi connectivity index (χ2n) is 5.17. The summed E-state index contributed by atoms with van der Waals surface area (Å²) in [5.41, 5.74) is -1.72. The number of nitrogens with zero attached hydrogens (tertiary/aromatic N) is 1. The second-order valence-corrected chi connectivity index (χ2v) is 6.90. The van der Waals surface area contributed by atoms with E-state index in [4.69, 9.17) is 32.5 Å². The maximum atomic E-state index is 14.4. The van der Waals surface area contributed by atoms with Crippen LogP contribution in [0, 0.1) is 0 Å².